The third-order valence-electron chi connectivity index (χ3n) is 5.14. The van der Waals surface area contributed by atoms with Crippen LogP contribution < -0.4 is 19.5 Å². The Morgan fingerprint density at radius 1 is 1.12 bits per heavy atom. The predicted molar refractivity (Wildman–Crippen MR) is 120 cm³/mol. The van der Waals surface area contributed by atoms with E-state index in [9.17, 15) is 20.2 Å². The maximum Gasteiger partial charge on any atom is 0.314 e. The van der Waals surface area contributed by atoms with Gasteiger partial charge < -0.3 is 19.5 Å². The molecule has 0 spiro atoms. The van der Waals surface area contributed by atoms with Crippen molar-refractivity contribution in [3.05, 3.63) is 69.4 Å². The Balaban J connectivity index is 1.87. The second kappa shape index (κ2) is 9.74. The molecule has 0 radical (unpaired) electrons. The van der Waals surface area contributed by atoms with Gasteiger partial charge in [0.15, 0.2) is 12.4 Å². The monoisotopic (exact) mass is 450 g/mol. The van der Waals surface area contributed by atoms with Crippen molar-refractivity contribution < 1.29 is 23.9 Å². The second-order valence-electron chi connectivity index (χ2n) is 7.01. The molecule has 10 heteroatoms. The zero-order valence-corrected chi connectivity index (χ0v) is 18.5. The fraction of sp³-hybridized carbons (Fsp3) is 0.217. The molecule has 0 fully saturated rings. The average molecular weight is 450 g/mol. The van der Waals surface area contributed by atoms with Gasteiger partial charge in [-0.1, -0.05) is 0 Å². The van der Waals surface area contributed by atoms with E-state index in [1.165, 1.54) is 25.3 Å². The molecule has 0 saturated carbocycles. The lowest BCUT2D eigenvalue weighted by Crippen LogP contribution is -2.22. The van der Waals surface area contributed by atoms with Crippen LogP contribution in [0.4, 0.5) is 11.5 Å². The van der Waals surface area contributed by atoms with Crippen molar-refractivity contribution in [2.45, 2.75) is 13.8 Å². The Labute approximate surface area is 190 Å². The van der Waals surface area contributed by atoms with Crippen molar-refractivity contribution in [2.24, 2.45) is 0 Å². The number of hydrogen-bond donors (Lipinski definition) is 1. The number of nitro groups is 1. The van der Waals surface area contributed by atoms with Crippen molar-refractivity contribution in [2.75, 3.05) is 26.1 Å². The summed E-state index contributed by atoms with van der Waals surface area (Å²) in [6, 6.07) is 13.3. The zero-order chi connectivity index (χ0) is 24.1. The van der Waals surface area contributed by atoms with Crippen LogP contribution in [-0.2, 0) is 4.79 Å². The van der Waals surface area contributed by atoms with E-state index >= 15 is 0 Å². The number of nitro benzene ring substituents is 1. The number of nitriles is 1. The van der Waals surface area contributed by atoms with Crippen LogP contribution in [0.3, 0.4) is 0 Å². The van der Waals surface area contributed by atoms with Gasteiger partial charge in [0.05, 0.1) is 30.8 Å². The molecule has 1 heterocycles. The molecule has 0 aliphatic rings. The number of anilines is 1. The molecule has 0 aliphatic heterocycles. The van der Waals surface area contributed by atoms with Crippen LogP contribution in [0.25, 0.3) is 5.69 Å². The second-order valence-corrected chi connectivity index (χ2v) is 7.01. The third-order valence-corrected chi connectivity index (χ3v) is 5.14. The largest absolute Gasteiger partial charge is 0.497 e. The minimum Gasteiger partial charge on any atom is -0.497 e. The van der Waals surface area contributed by atoms with Crippen LogP contribution in [0, 0.1) is 35.3 Å². The van der Waals surface area contributed by atoms with Gasteiger partial charge in [0.25, 0.3) is 5.91 Å². The van der Waals surface area contributed by atoms with Crippen LogP contribution in [0.15, 0.2) is 42.5 Å². The van der Waals surface area contributed by atoms with Crippen molar-refractivity contribution in [1.82, 2.24) is 4.57 Å². The van der Waals surface area contributed by atoms with Gasteiger partial charge in [-0.2, -0.15) is 5.26 Å². The maximum absolute atomic E-state index is 12.7. The molecule has 0 unspecified atom stereocenters. The van der Waals surface area contributed by atoms with Gasteiger partial charge in [-0.15, -0.1) is 0 Å². The van der Waals surface area contributed by atoms with Gasteiger partial charge in [-0.25, -0.2) is 0 Å². The molecule has 10 nitrogen and oxygen atoms in total. The number of benzene rings is 2. The van der Waals surface area contributed by atoms with Gasteiger partial charge in [-0.05, 0) is 55.8 Å². The molecule has 1 N–H and O–H groups in total. The SMILES string of the molecule is COc1ccc(-n2c(C)c(C)c(C#N)c2NC(=O)COc2ccc(OC)cc2[N+](=O)[O-])cc1. The molecule has 0 saturated heterocycles. The standard InChI is InChI=1S/C23H22N4O6/c1-14-15(2)26(16-5-7-17(31-3)8-6-16)23(19(14)12-24)25-22(28)13-33-21-10-9-18(32-4)11-20(21)27(29)30/h5-11H,13H2,1-4H3,(H,25,28). The lowest BCUT2D eigenvalue weighted by atomic mass is 10.2. The number of hydrogen-bond acceptors (Lipinski definition) is 7. The average Bonchev–Trinajstić information content (AvgIpc) is 3.06. The first kappa shape index (κ1) is 23.1. The Bertz CT molecular complexity index is 1240. The zero-order valence-electron chi connectivity index (χ0n) is 18.5. The predicted octanol–water partition coefficient (Wildman–Crippen LogP) is 3.91. The first-order chi connectivity index (χ1) is 15.8. The van der Waals surface area contributed by atoms with E-state index in [0.717, 1.165) is 16.9 Å². The molecule has 3 rings (SSSR count). The molecular weight excluding hydrogens is 428 g/mol. The maximum atomic E-state index is 12.7. The summed E-state index contributed by atoms with van der Waals surface area (Å²) in [5.41, 5.74) is 2.20. The highest BCUT2D eigenvalue weighted by Gasteiger charge is 2.22. The van der Waals surface area contributed by atoms with Crippen molar-refractivity contribution in [3.8, 4) is 29.0 Å². The fourth-order valence-corrected chi connectivity index (χ4v) is 3.32. The number of nitrogens with zero attached hydrogens (tertiary/aromatic N) is 3. The van der Waals surface area contributed by atoms with E-state index in [-0.39, 0.29) is 17.3 Å². The first-order valence-corrected chi connectivity index (χ1v) is 9.82. The number of nitrogens with one attached hydrogen (secondary N) is 1. The van der Waals surface area contributed by atoms with Crippen LogP contribution in [-0.4, -0.2) is 36.2 Å². The molecular formula is C23H22N4O6. The van der Waals surface area contributed by atoms with E-state index in [0.29, 0.717) is 17.1 Å². The Kier molecular flexibility index (Phi) is 6.83. The Hall–Kier alpha value is -4.52. The third kappa shape index (κ3) is 4.72. The summed E-state index contributed by atoms with van der Waals surface area (Å²) in [4.78, 5) is 23.4. The van der Waals surface area contributed by atoms with Gasteiger partial charge in [0.2, 0.25) is 0 Å². The van der Waals surface area contributed by atoms with E-state index in [1.54, 1.807) is 42.9 Å². The molecule has 0 aliphatic carbocycles. The molecule has 1 aromatic heterocycles. The smallest absolute Gasteiger partial charge is 0.314 e. The molecule has 0 atom stereocenters. The number of rotatable bonds is 8. The summed E-state index contributed by atoms with van der Waals surface area (Å²) < 4.78 is 17.3. The highest BCUT2D eigenvalue weighted by atomic mass is 16.6. The van der Waals surface area contributed by atoms with Crippen LogP contribution in [0.5, 0.6) is 17.2 Å². The summed E-state index contributed by atoms with van der Waals surface area (Å²) in [6.07, 6.45) is 0. The minimum atomic E-state index is -0.620. The number of amides is 1. The summed E-state index contributed by atoms with van der Waals surface area (Å²) in [5.74, 6) is 0.593. The van der Waals surface area contributed by atoms with Gasteiger partial charge in [-0.3, -0.25) is 19.5 Å². The van der Waals surface area contributed by atoms with Crippen LogP contribution in [0.2, 0.25) is 0 Å². The van der Waals surface area contributed by atoms with Gasteiger partial charge >= 0.3 is 5.69 Å². The lowest BCUT2D eigenvalue weighted by Gasteiger charge is -2.14. The summed E-state index contributed by atoms with van der Waals surface area (Å²) in [6.45, 7) is 3.14. The minimum absolute atomic E-state index is 0.0747. The number of aromatic nitrogens is 1. The topological polar surface area (TPSA) is 129 Å². The Morgan fingerprint density at radius 3 is 2.33 bits per heavy atom. The molecule has 170 valence electrons. The highest BCUT2D eigenvalue weighted by molar-refractivity contribution is 5.93. The molecule has 33 heavy (non-hydrogen) atoms. The summed E-state index contributed by atoms with van der Waals surface area (Å²) >= 11 is 0. The van der Waals surface area contributed by atoms with E-state index < -0.39 is 17.4 Å². The first-order valence-electron chi connectivity index (χ1n) is 9.82. The van der Waals surface area contributed by atoms with Crippen LogP contribution >= 0.6 is 0 Å². The van der Waals surface area contributed by atoms with Crippen molar-refractivity contribution in [3.63, 3.8) is 0 Å². The summed E-state index contributed by atoms with van der Waals surface area (Å²) in [7, 11) is 2.95. The number of methoxy groups -OCH3 is 2. The lowest BCUT2D eigenvalue weighted by molar-refractivity contribution is -0.385. The quantitative estimate of drug-likeness (QED) is 0.407. The van der Waals surface area contributed by atoms with E-state index in [2.05, 4.69) is 11.4 Å². The summed E-state index contributed by atoms with van der Waals surface area (Å²) in [5, 5.41) is 23.7. The van der Waals surface area contributed by atoms with Crippen molar-refractivity contribution in [1.29, 1.82) is 5.26 Å². The molecule has 3 aromatic rings. The van der Waals surface area contributed by atoms with Crippen molar-refractivity contribution >= 4 is 17.4 Å². The molecule has 2 aromatic carbocycles. The fourth-order valence-electron chi connectivity index (χ4n) is 3.32. The van der Waals surface area contributed by atoms with E-state index in [1.807, 2.05) is 6.92 Å². The molecule has 1 amide bonds. The highest BCUT2D eigenvalue weighted by Crippen LogP contribution is 2.32. The molecule has 0 bridgehead atoms. The normalized spacial score (nSPS) is 10.3. The van der Waals surface area contributed by atoms with Gasteiger partial charge in [0.1, 0.15) is 23.4 Å². The van der Waals surface area contributed by atoms with Crippen LogP contribution in [0.1, 0.15) is 16.8 Å². The Morgan fingerprint density at radius 2 is 1.76 bits per heavy atom. The number of carbonyl (C=O) groups excluding carboxylic acids is 1. The van der Waals surface area contributed by atoms with E-state index in [4.69, 9.17) is 14.2 Å². The van der Waals surface area contributed by atoms with Gasteiger partial charge in [0, 0.05) is 11.4 Å². The number of ether oxygens (including phenoxy) is 3. The number of carbonyl (C=O) groups is 1.